The third kappa shape index (κ3) is 3.17. The van der Waals surface area contributed by atoms with Crippen molar-refractivity contribution in [1.29, 1.82) is 0 Å². The summed E-state index contributed by atoms with van der Waals surface area (Å²) in [5.41, 5.74) is 0. The molecule has 0 unspecified atom stereocenters. The number of β-amino-alcohol motifs (C(OH)–C–C–N with tert-alkyl or cyclic N) is 1. The van der Waals surface area contributed by atoms with E-state index in [9.17, 15) is 19.5 Å². The van der Waals surface area contributed by atoms with Crippen LogP contribution in [-0.2, 0) is 14.4 Å². The molecule has 2 rings (SSSR count). The van der Waals surface area contributed by atoms with Gasteiger partial charge in [0.15, 0.2) is 0 Å². The minimum atomic E-state index is -0.687. The largest absolute Gasteiger partial charge is 0.395 e. The fourth-order valence-electron chi connectivity index (χ4n) is 3.88. The number of aliphatic hydroxyl groups excluding tert-OH is 1. The summed E-state index contributed by atoms with van der Waals surface area (Å²) in [6.07, 6.45) is 3.79. The van der Waals surface area contributed by atoms with Gasteiger partial charge in [-0.3, -0.25) is 14.4 Å². The Labute approximate surface area is 142 Å². The van der Waals surface area contributed by atoms with Crippen LogP contribution in [-0.4, -0.2) is 60.0 Å². The SMILES string of the molecule is CNC(=O)[C@H]1[C@H]2C(=O)N(CCO)[C@H](C(=O)NC(C)C)[C@H]2C=C[C@H]1C. The maximum atomic E-state index is 12.9. The highest BCUT2D eigenvalue weighted by Gasteiger charge is 2.56. The first-order valence-corrected chi connectivity index (χ1v) is 8.45. The molecule has 0 aromatic heterocycles. The summed E-state index contributed by atoms with van der Waals surface area (Å²) in [6.45, 7) is 5.48. The number of likely N-dealkylation sites (tertiary alicyclic amines) is 1. The number of carbonyl (C=O) groups excluding carboxylic acids is 3. The van der Waals surface area contributed by atoms with Crippen LogP contribution in [0.5, 0.6) is 0 Å². The molecule has 7 heteroatoms. The van der Waals surface area contributed by atoms with Crippen LogP contribution >= 0.6 is 0 Å². The first-order valence-electron chi connectivity index (χ1n) is 8.45. The fourth-order valence-corrected chi connectivity index (χ4v) is 3.88. The van der Waals surface area contributed by atoms with E-state index in [1.165, 1.54) is 4.90 Å². The zero-order valence-electron chi connectivity index (χ0n) is 14.7. The molecule has 0 spiro atoms. The number of aliphatic hydroxyl groups is 1. The third-order valence-corrected chi connectivity index (χ3v) is 4.86. The molecule has 1 aliphatic carbocycles. The van der Waals surface area contributed by atoms with E-state index in [1.54, 1.807) is 7.05 Å². The number of rotatable bonds is 5. The Morgan fingerprint density at radius 3 is 2.50 bits per heavy atom. The molecule has 134 valence electrons. The summed E-state index contributed by atoms with van der Waals surface area (Å²) >= 11 is 0. The van der Waals surface area contributed by atoms with Crippen LogP contribution in [0.1, 0.15) is 20.8 Å². The number of allylic oxidation sites excluding steroid dienone is 1. The Hall–Kier alpha value is -1.89. The monoisotopic (exact) mass is 337 g/mol. The summed E-state index contributed by atoms with van der Waals surface area (Å²) in [7, 11) is 1.55. The summed E-state index contributed by atoms with van der Waals surface area (Å²) < 4.78 is 0. The van der Waals surface area contributed by atoms with Crippen LogP contribution in [0.2, 0.25) is 0 Å². The van der Waals surface area contributed by atoms with Crippen molar-refractivity contribution in [2.75, 3.05) is 20.2 Å². The van der Waals surface area contributed by atoms with Gasteiger partial charge < -0.3 is 20.6 Å². The van der Waals surface area contributed by atoms with Gasteiger partial charge in [0.2, 0.25) is 17.7 Å². The highest BCUT2D eigenvalue weighted by Crippen LogP contribution is 2.43. The van der Waals surface area contributed by atoms with Gasteiger partial charge in [-0.05, 0) is 19.8 Å². The average Bonchev–Trinajstić information content (AvgIpc) is 2.79. The lowest BCUT2D eigenvalue weighted by Crippen LogP contribution is -2.49. The molecule has 0 aromatic rings. The second-order valence-electron chi connectivity index (χ2n) is 6.85. The van der Waals surface area contributed by atoms with Crippen LogP contribution < -0.4 is 10.6 Å². The van der Waals surface area contributed by atoms with Crippen molar-refractivity contribution in [1.82, 2.24) is 15.5 Å². The number of carbonyl (C=O) groups is 3. The van der Waals surface area contributed by atoms with E-state index in [4.69, 9.17) is 0 Å². The Morgan fingerprint density at radius 2 is 1.96 bits per heavy atom. The lowest BCUT2D eigenvalue weighted by molar-refractivity contribution is -0.141. The molecule has 0 saturated carbocycles. The number of hydrogen-bond donors (Lipinski definition) is 3. The summed E-state index contributed by atoms with van der Waals surface area (Å²) in [4.78, 5) is 39.3. The van der Waals surface area contributed by atoms with E-state index in [-0.39, 0.29) is 48.8 Å². The van der Waals surface area contributed by atoms with Crippen molar-refractivity contribution in [2.45, 2.75) is 32.9 Å². The minimum Gasteiger partial charge on any atom is -0.395 e. The van der Waals surface area contributed by atoms with Gasteiger partial charge in [0.25, 0.3) is 0 Å². The fraction of sp³-hybridized carbons (Fsp3) is 0.706. The van der Waals surface area contributed by atoms with E-state index < -0.39 is 17.9 Å². The van der Waals surface area contributed by atoms with E-state index in [0.717, 1.165) is 0 Å². The molecule has 1 fully saturated rings. The van der Waals surface area contributed by atoms with E-state index >= 15 is 0 Å². The summed E-state index contributed by atoms with van der Waals surface area (Å²) in [6, 6.07) is -0.739. The van der Waals surface area contributed by atoms with Crippen LogP contribution in [0, 0.1) is 23.7 Å². The van der Waals surface area contributed by atoms with Gasteiger partial charge in [0.1, 0.15) is 6.04 Å². The van der Waals surface area contributed by atoms with Crippen molar-refractivity contribution >= 4 is 17.7 Å². The molecule has 0 radical (unpaired) electrons. The van der Waals surface area contributed by atoms with Gasteiger partial charge in [-0.2, -0.15) is 0 Å². The highest BCUT2D eigenvalue weighted by atomic mass is 16.3. The van der Waals surface area contributed by atoms with E-state index in [0.29, 0.717) is 0 Å². The zero-order valence-corrected chi connectivity index (χ0v) is 14.7. The predicted octanol–water partition coefficient (Wildman–Crippen LogP) is -0.485. The number of amides is 3. The van der Waals surface area contributed by atoms with E-state index in [2.05, 4.69) is 10.6 Å². The van der Waals surface area contributed by atoms with Crippen molar-refractivity contribution in [3.8, 4) is 0 Å². The minimum absolute atomic E-state index is 0.0520. The average molecular weight is 337 g/mol. The maximum Gasteiger partial charge on any atom is 0.243 e. The van der Waals surface area contributed by atoms with Crippen molar-refractivity contribution in [2.24, 2.45) is 23.7 Å². The summed E-state index contributed by atoms with van der Waals surface area (Å²) in [5, 5.41) is 14.8. The first-order chi connectivity index (χ1) is 11.3. The molecule has 0 bridgehead atoms. The van der Waals surface area contributed by atoms with Gasteiger partial charge in [0.05, 0.1) is 18.4 Å². The van der Waals surface area contributed by atoms with Crippen molar-refractivity contribution in [3.63, 3.8) is 0 Å². The topological polar surface area (TPSA) is 98.7 Å². The molecule has 0 aromatic carbocycles. The van der Waals surface area contributed by atoms with Gasteiger partial charge in [-0.25, -0.2) is 0 Å². The number of hydrogen-bond acceptors (Lipinski definition) is 4. The van der Waals surface area contributed by atoms with Gasteiger partial charge in [0, 0.05) is 25.6 Å². The lowest BCUT2D eigenvalue weighted by Gasteiger charge is -2.32. The molecule has 1 saturated heterocycles. The summed E-state index contributed by atoms with van der Waals surface area (Å²) in [5.74, 6) is -2.18. The quantitative estimate of drug-likeness (QED) is 0.590. The molecule has 7 nitrogen and oxygen atoms in total. The van der Waals surface area contributed by atoms with Gasteiger partial charge >= 0.3 is 0 Å². The Bertz CT molecular complexity index is 546. The molecule has 5 atom stereocenters. The number of nitrogens with zero attached hydrogens (tertiary/aromatic N) is 1. The second-order valence-corrected chi connectivity index (χ2v) is 6.85. The second kappa shape index (κ2) is 7.34. The van der Waals surface area contributed by atoms with Gasteiger partial charge in [-0.1, -0.05) is 19.1 Å². The lowest BCUT2D eigenvalue weighted by atomic mass is 9.70. The third-order valence-electron chi connectivity index (χ3n) is 4.86. The smallest absolute Gasteiger partial charge is 0.243 e. The molecule has 1 aliphatic heterocycles. The highest BCUT2D eigenvalue weighted by molar-refractivity contribution is 5.96. The molecule has 3 amide bonds. The van der Waals surface area contributed by atoms with Crippen LogP contribution in [0.25, 0.3) is 0 Å². The normalized spacial score (nSPS) is 32.0. The standard InChI is InChI=1S/C17H27N3O4/c1-9(2)19-16(23)14-11-6-5-10(3)12(15(22)18-4)13(11)17(24)20(14)7-8-21/h5-6,9-14,21H,7-8H2,1-4H3,(H,18,22)(H,19,23)/t10-,11+,12-,13+,14+/m1/s1. The Morgan fingerprint density at radius 1 is 1.29 bits per heavy atom. The maximum absolute atomic E-state index is 12.9. The molecule has 2 aliphatic rings. The zero-order chi connectivity index (χ0) is 18.0. The molecular formula is C17H27N3O4. The molecule has 24 heavy (non-hydrogen) atoms. The van der Waals surface area contributed by atoms with Crippen molar-refractivity contribution in [3.05, 3.63) is 12.2 Å². The van der Waals surface area contributed by atoms with Crippen molar-refractivity contribution < 1.29 is 19.5 Å². The van der Waals surface area contributed by atoms with Gasteiger partial charge in [-0.15, -0.1) is 0 Å². The molecular weight excluding hydrogens is 310 g/mol. The number of nitrogens with one attached hydrogen (secondary N) is 2. The first kappa shape index (κ1) is 18.4. The Kier molecular flexibility index (Phi) is 5.64. The Balaban J connectivity index is 2.41. The number of fused-ring (bicyclic) bond motifs is 1. The predicted molar refractivity (Wildman–Crippen MR) is 88.7 cm³/mol. The van der Waals surface area contributed by atoms with Crippen LogP contribution in [0.15, 0.2) is 12.2 Å². The van der Waals surface area contributed by atoms with Crippen LogP contribution in [0.3, 0.4) is 0 Å². The van der Waals surface area contributed by atoms with Crippen LogP contribution in [0.4, 0.5) is 0 Å². The molecule has 1 heterocycles. The molecule has 3 N–H and O–H groups in total. The van der Waals surface area contributed by atoms with E-state index in [1.807, 2.05) is 32.9 Å².